The van der Waals surface area contributed by atoms with Crippen LogP contribution in [0.25, 0.3) is 0 Å². The van der Waals surface area contributed by atoms with Crippen molar-refractivity contribution in [1.82, 2.24) is 14.8 Å². The van der Waals surface area contributed by atoms with Crippen LogP contribution >= 0.6 is 0 Å². The Morgan fingerprint density at radius 1 is 1.00 bits per heavy atom. The second kappa shape index (κ2) is 10.4. The van der Waals surface area contributed by atoms with Gasteiger partial charge in [-0.1, -0.05) is 0 Å². The number of anilines is 1. The summed E-state index contributed by atoms with van der Waals surface area (Å²) in [5, 5.41) is 8.87. The van der Waals surface area contributed by atoms with E-state index in [1.54, 1.807) is 0 Å². The lowest BCUT2D eigenvalue weighted by Gasteiger charge is -2.36. The van der Waals surface area contributed by atoms with E-state index < -0.39 is 5.97 Å². The molecule has 7 heteroatoms. The first-order valence-electron chi connectivity index (χ1n) is 10.5. The summed E-state index contributed by atoms with van der Waals surface area (Å²) < 4.78 is 0. The minimum Gasteiger partial charge on any atom is -0.481 e. The highest BCUT2D eigenvalue weighted by atomic mass is 16.4. The third-order valence-corrected chi connectivity index (χ3v) is 5.95. The number of carboxylic acid groups (broad SMARTS) is 1. The van der Waals surface area contributed by atoms with E-state index in [9.17, 15) is 9.59 Å². The standard InChI is InChI=1S/C21H32N4O3/c26-20(25-11-6-18(7-12-25)17-21(27)28)3-1-2-10-23-13-15-24(16-14-23)19-4-8-22-9-5-19/h4-5,8-9,18H,1-3,6-7,10-17H2,(H,27,28). The molecule has 154 valence electrons. The summed E-state index contributed by atoms with van der Waals surface area (Å²) in [6.45, 7) is 6.68. The molecule has 2 aliphatic rings. The molecule has 2 saturated heterocycles. The van der Waals surface area contributed by atoms with E-state index in [4.69, 9.17) is 5.11 Å². The lowest BCUT2D eigenvalue weighted by molar-refractivity contribution is -0.138. The molecular weight excluding hydrogens is 356 g/mol. The average molecular weight is 389 g/mol. The number of hydrogen-bond acceptors (Lipinski definition) is 5. The van der Waals surface area contributed by atoms with Crippen molar-refractivity contribution in [2.24, 2.45) is 5.92 Å². The van der Waals surface area contributed by atoms with Gasteiger partial charge in [-0.2, -0.15) is 0 Å². The number of rotatable bonds is 8. The van der Waals surface area contributed by atoms with Crippen LogP contribution in [0.3, 0.4) is 0 Å². The Hall–Kier alpha value is -2.15. The maximum Gasteiger partial charge on any atom is 0.303 e. The number of pyridine rings is 1. The van der Waals surface area contributed by atoms with Crippen LogP contribution in [-0.4, -0.2) is 77.6 Å². The van der Waals surface area contributed by atoms with Crippen molar-refractivity contribution in [3.63, 3.8) is 0 Å². The topological polar surface area (TPSA) is 77.0 Å². The first-order chi connectivity index (χ1) is 13.6. The monoisotopic (exact) mass is 388 g/mol. The summed E-state index contributed by atoms with van der Waals surface area (Å²) in [7, 11) is 0. The molecule has 3 rings (SSSR count). The molecule has 0 atom stereocenters. The molecule has 0 spiro atoms. The van der Waals surface area contributed by atoms with Gasteiger partial charge in [-0.15, -0.1) is 0 Å². The molecule has 1 N–H and O–H groups in total. The van der Waals surface area contributed by atoms with Crippen LogP contribution in [0.1, 0.15) is 38.5 Å². The maximum atomic E-state index is 12.4. The van der Waals surface area contributed by atoms with Gasteiger partial charge in [-0.05, 0) is 50.3 Å². The van der Waals surface area contributed by atoms with Crippen LogP contribution in [0.2, 0.25) is 0 Å². The largest absolute Gasteiger partial charge is 0.481 e. The first-order valence-corrected chi connectivity index (χ1v) is 10.5. The Balaban J connectivity index is 1.26. The highest BCUT2D eigenvalue weighted by Crippen LogP contribution is 2.21. The number of aliphatic carboxylic acids is 1. The van der Waals surface area contributed by atoms with Gasteiger partial charge >= 0.3 is 5.97 Å². The number of carbonyl (C=O) groups is 2. The van der Waals surface area contributed by atoms with Crippen molar-refractivity contribution in [1.29, 1.82) is 0 Å². The van der Waals surface area contributed by atoms with Crippen LogP contribution in [0.5, 0.6) is 0 Å². The normalized spacial score (nSPS) is 19.0. The fourth-order valence-corrected chi connectivity index (χ4v) is 4.19. The third kappa shape index (κ3) is 6.19. The van der Waals surface area contributed by atoms with Crippen LogP contribution < -0.4 is 4.90 Å². The van der Waals surface area contributed by atoms with E-state index in [1.807, 2.05) is 17.3 Å². The smallest absolute Gasteiger partial charge is 0.303 e. The molecule has 28 heavy (non-hydrogen) atoms. The summed E-state index contributed by atoms with van der Waals surface area (Å²) in [6, 6.07) is 4.12. The fraction of sp³-hybridized carbons (Fsp3) is 0.667. The second-order valence-electron chi connectivity index (χ2n) is 7.91. The van der Waals surface area contributed by atoms with Crippen LogP contribution in [0.4, 0.5) is 5.69 Å². The molecule has 2 fully saturated rings. The number of unbranched alkanes of at least 4 members (excludes halogenated alkanes) is 1. The maximum absolute atomic E-state index is 12.4. The van der Waals surface area contributed by atoms with Gasteiger partial charge in [0.25, 0.3) is 0 Å². The number of hydrogen-bond donors (Lipinski definition) is 1. The number of carbonyl (C=O) groups excluding carboxylic acids is 1. The molecule has 0 saturated carbocycles. The second-order valence-corrected chi connectivity index (χ2v) is 7.91. The molecule has 1 aromatic rings. The fourth-order valence-electron chi connectivity index (χ4n) is 4.19. The third-order valence-electron chi connectivity index (χ3n) is 5.95. The van der Waals surface area contributed by atoms with Crippen molar-refractivity contribution in [2.75, 3.05) is 50.7 Å². The molecule has 7 nitrogen and oxygen atoms in total. The van der Waals surface area contributed by atoms with Gasteiger partial charge in [0.05, 0.1) is 0 Å². The van der Waals surface area contributed by atoms with Gasteiger partial charge in [0.1, 0.15) is 0 Å². The van der Waals surface area contributed by atoms with Gasteiger partial charge in [-0.3, -0.25) is 19.5 Å². The number of amides is 1. The van der Waals surface area contributed by atoms with E-state index in [0.717, 1.165) is 58.4 Å². The Labute approximate surface area is 167 Å². The van der Waals surface area contributed by atoms with Gasteiger partial charge in [-0.25, -0.2) is 0 Å². The number of piperidine rings is 1. The van der Waals surface area contributed by atoms with Crippen LogP contribution in [-0.2, 0) is 9.59 Å². The Kier molecular flexibility index (Phi) is 7.65. The van der Waals surface area contributed by atoms with E-state index in [0.29, 0.717) is 19.5 Å². The Morgan fingerprint density at radius 2 is 1.68 bits per heavy atom. The molecule has 3 heterocycles. The summed E-state index contributed by atoms with van der Waals surface area (Å²) in [6.07, 6.45) is 8.15. The summed E-state index contributed by atoms with van der Waals surface area (Å²) in [5.41, 5.74) is 1.24. The van der Waals surface area contributed by atoms with E-state index in [1.165, 1.54) is 5.69 Å². The number of likely N-dealkylation sites (tertiary alicyclic amines) is 1. The van der Waals surface area contributed by atoms with Crippen molar-refractivity contribution in [2.45, 2.75) is 38.5 Å². The number of nitrogens with zero attached hydrogens (tertiary/aromatic N) is 4. The van der Waals surface area contributed by atoms with Gasteiger partial charge in [0.15, 0.2) is 0 Å². The van der Waals surface area contributed by atoms with Crippen molar-refractivity contribution in [3.8, 4) is 0 Å². The van der Waals surface area contributed by atoms with Crippen LogP contribution in [0.15, 0.2) is 24.5 Å². The number of aromatic nitrogens is 1. The molecule has 0 aliphatic carbocycles. The molecule has 1 aromatic heterocycles. The Morgan fingerprint density at radius 3 is 2.32 bits per heavy atom. The van der Waals surface area contributed by atoms with Crippen molar-refractivity contribution < 1.29 is 14.7 Å². The van der Waals surface area contributed by atoms with E-state index in [-0.39, 0.29) is 18.2 Å². The molecule has 0 radical (unpaired) electrons. The van der Waals surface area contributed by atoms with Crippen molar-refractivity contribution >= 4 is 17.6 Å². The highest BCUT2D eigenvalue weighted by Gasteiger charge is 2.24. The molecule has 1 amide bonds. The molecule has 0 unspecified atom stereocenters. The number of carboxylic acids is 1. The predicted molar refractivity (Wildman–Crippen MR) is 108 cm³/mol. The number of piperazine rings is 1. The first kappa shape index (κ1) is 20.6. The zero-order chi connectivity index (χ0) is 19.8. The SMILES string of the molecule is O=C(O)CC1CCN(C(=O)CCCCN2CCN(c3ccncc3)CC2)CC1. The quantitative estimate of drug-likeness (QED) is 0.687. The zero-order valence-electron chi connectivity index (χ0n) is 16.6. The summed E-state index contributed by atoms with van der Waals surface area (Å²) in [5.74, 6) is -0.268. The summed E-state index contributed by atoms with van der Waals surface area (Å²) >= 11 is 0. The Bertz CT molecular complexity index is 624. The van der Waals surface area contributed by atoms with Gasteiger partial charge in [0, 0.05) is 70.2 Å². The van der Waals surface area contributed by atoms with Crippen LogP contribution in [0, 0.1) is 5.92 Å². The molecule has 0 bridgehead atoms. The van der Waals surface area contributed by atoms with Crippen molar-refractivity contribution in [3.05, 3.63) is 24.5 Å². The average Bonchev–Trinajstić information content (AvgIpc) is 2.72. The van der Waals surface area contributed by atoms with E-state index in [2.05, 4.69) is 26.9 Å². The van der Waals surface area contributed by atoms with Gasteiger partial charge in [0.2, 0.25) is 5.91 Å². The predicted octanol–water partition coefficient (Wildman–Crippen LogP) is 2.09. The lowest BCUT2D eigenvalue weighted by Crippen LogP contribution is -2.46. The zero-order valence-corrected chi connectivity index (χ0v) is 16.6. The lowest BCUT2D eigenvalue weighted by atomic mass is 9.93. The molecular formula is C21H32N4O3. The minimum atomic E-state index is -0.730. The minimum absolute atomic E-state index is 0.229. The summed E-state index contributed by atoms with van der Waals surface area (Å²) in [4.78, 5) is 34.0. The molecule has 2 aliphatic heterocycles. The van der Waals surface area contributed by atoms with Gasteiger partial charge < -0.3 is 14.9 Å². The van der Waals surface area contributed by atoms with E-state index >= 15 is 0 Å². The highest BCUT2D eigenvalue weighted by molar-refractivity contribution is 5.76. The molecule has 0 aromatic carbocycles.